The van der Waals surface area contributed by atoms with Gasteiger partial charge in [-0.3, -0.25) is 14.2 Å². The highest BCUT2D eigenvalue weighted by Crippen LogP contribution is 2.26. The minimum Gasteiger partial charge on any atom is -0.343 e. The van der Waals surface area contributed by atoms with Crippen molar-refractivity contribution in [2.75, 3.05) is 13.1 Å². The van der Waals surface area contributed by atoms with Crippen molar-refractivity contribution in [3.8, 4) is 0 Å². The molecular formula is C18H19N5O3. The normalized spacial score (nSPS) is 16.7. The van der Waals surface area contributed by atoms with Gasteiger partial charge in [-0.05, 0) is 31.9 Å². The lowest BCUT2D eigenvalue weighted by Gasteiger charge is -2.32. The summed E-state index contributed by atoms with van der Waals surface area (Å²) in [6, 6.07) is 6.55. The molecule has 1 atom stereocenters. The number of piperidine rings is 1. The van der Waals surface area contributed by atoms with Crippen LogP contribution in [0.2, 0.25) is 0 Å². The number of carbonyl (C=O) groups is 1. The zero-order chi connectivity index (χ0) is 18.1. The van der Waals surface area contributed by atoms with Gasteiger partial charge in [0.05, 0.1) is 17.2 Å². The van der Waals surface area contributed by atoms with Gasteiger partial charge in [-0.25, -0.2) is 4.98 Å². The zero-order valence-corrected chi connectivity index (χ0v) is 14.4. The average molecular weight is 353 g/mol. The molecule has 26 heavy (non-hydrogen) atoms. The van der Waals surface area contributed by atoms with Gasteiger partial charge < -0.3 is 9.42 Å². The molecule has 4 rings (SSSR count). The Hall–Kier alpha value is -3.03. The summed E-state index contributed by atoms with van der Waals surface area (Å²) in [5, 5.41) is 4.41. The number of nitrogens with zero attached hydrogens (tertiary/aromatic N) is 5. The number of amides is 1. The number of hydrogen-bond acceptors (Lipinski definition) is 6. The molecule has 2 aromatic heterocycles. The lowest BCUT2D eigenvalue weighted by atomic mass is 9.96. The summed E-state index contributed by atoms with van der Waals surface area (Å²) in [4.78, 5) is 35.8. The van der Waals surface area contributed by atoms with Gasteiger partial charge in [-0.2, -0.15) is 4.98 Å². The predicted molar refractivity (Wildman–Crippen MR) is 93.6 cm³/mol. The average Bonchev–Trinajstić information content (AvgIpc) is 3.22. The summed E-state index contributed by atoms with van der Waals surface area (Å²) in [5.74, 6) is 0.828. The Labute approximate surface area is 149 Å². The van der Waals surface area contributed by atoms with Crippen LogP contribution in [0.15, 0.2) is 46.3 Å². The van der Waals surface area contributed by atoms with Gasteiger partial charge in [-0.1, -0.05) is 17.3 Å². The molecule has 0 radical (unpaired) electrons. The second-order valence-corrected chi connectivity index (χ2v) is 6.54. The van der Waals surface area contributed by atoms with Gasteiger partial charge in [0, 0.05) is 19.0 Å². The highest BCUT2D eigenvalue weighted by atomic mass is 16.5. The first-order valence-electron chi connectivity index (χ1n) is 8.66. The molecule has 0 saturated carbocycles. The molecule has 134 valence electrons. The van der Waals surface area contributed by atoms with E-state index in [2.05, 4.69) is 15.1 Å². The molecule has 0 N–H and O–H groups in total. The van der Waals surface area contributed by atoms with Crippen LogP contribution < -0.4 is 5.56 Å². The van der Waals surface area contributed by atoms with Crippen molar-refractivity contribution in [2.24, 2.45) is 0 Å². The van der Waals surface area contributed by atoms with Crippen molar-refractivity contribution in [1.29, 1.82) is 0 Å². The standard InChI is InChI=1S/C18H19N5O3/c1-12(23-10-19-15-5-3-2-4-14(15)18(23)25)17(24)22-8-6-13(7-9-22)16-20-11-26-21-16/h2-5,10-13H,6-9H2,1H3. The molecule has 1 fully saturated rings. The van der Waals surface area contributed by atoms with Gasteiger partial charge in [0.1, 0.15) is 6.04 Å². The first-order chi connectivity index (χ1) is 12.6. The molecule has 1 aliphatic heterocycles. The van der Waals surface area contributed by atoms with Crippen molar-refractivity contribution in [3.63, 3.8) is 0 Å². The summed E-state index contributed by atoms with van der Waals surface area (Å²) in [7, 11) is 0. The molecule has 1 saturated heterocycles. The smallest absolute Gasteiger partial charge is 0.261 e. The van der Waals surface area contributed by atoms with Gasteiger partial charge >= 0.3 is 0 Å². The maximum Gasteiger partial charge on any atom is 0.261 e. The van der Waals surface area contributed by atoms with Crippen molar-refractivity contribution in [3.05, 3.63) is 53.2 Å². The maximum atomic E-state index is 12.9. The van der Waals surface area contributed by atoms with E-state index in [9.17, 15) is 9.59 Å². The zero-order valence-electron chi connectivity index (χ0n) is 14.4. The number of rotatable bonds is 3. The molecule has 1 aliphatic rings. The van der Waals surface area contributed by atoms with Gasteiger partial charge in [0.25, 0.3) is 5.56 Å². The minimum atomic E-state index is -0.596. The molecule has 1 aromatic carbocycles. The number of benzene rings is 1. The summed E-state index contributed by atoms with van der Waals surface area (Å²) in [5.41, 5.74) is 0.437. The molecule has 8 nitrogen and oxygen atoms in total. The van der Waals surface area contributed by atoms with Crippen molar-refractivity contribution in [2.45, 2.75) is 31.7 Å². The van der Waals surface area contributed by atoms with Gasteiger partial charge in [0.15, 0.2) is 5.82 Å². The Morgan fingerprint density at radius 2 is 2.00 bits per heavy atom. The van der Waals surface area contributed by atoms with Crippen LogP contribution in [0.3, 0.4) is 0 Å². The van der Waals surface area contributed by atoms with Crippen LogP contribution in [0.5, 0.6) is 0 Å². The van der Waals surface area contributed by atoms with E-state index in [0.717, 1.165) is 12.8 Å². The third-order valence-corrected chi connectivity index (χ3v) is 5.01. The molecule has 0 spiro atoms. The second kappa shape index (κ2) is 6.70. The number of likely N-dealkylation sites (tertiary alicyclic amines) is 1. The van der Waals surface area contributed by atoms with Gasteiger partial charge in [-0.15, -0.1) is 0 Å². The number of para-hydroxylation sites is 1. The Balaban J connectivity index is 1.50. The van der Waals surface area contributed by atoms with Crippen molar-refractivity contribution in [1.82, 2.24) is 24.6 Å². The number of aromatic nitrogens is 4. The largest absolute Gasteiger partial charge is 0.343 e. The molecule has 3 heterocycles. The number of hydrogen-bond donors (Lipinski definition) is 0. The van der Waals surface area contributed by atoms with Crippen LogP contribution in [-0.2, 0) is 4.79 Å². The Morgan fingerprint density at radius 3 is 2.73 bits per heavy atom. The first-order valence-corrected chi connectivity index (χ1v) is 8.66. The van der Waals surface area contributed by atoms with Crippen LogP contribution in [0.4, 0.5) is 0 Å². The van der Waals surface area contributed by atoms with Crippen LogP contribution in [0, 0.1) is 0 Å². The second-order valence-electron chi connectivity index (χ2n) is 6.54. The van der Waals surface area contributed by atoms with E-state index >= 15 is 0 Å². The summed E-state index contributed by atoms with van der Waals surface area (Å²) in [6.07, 6.45) is 4.35. The Kier molecular flexibility index (Phi) is 4.24. The van der Waals surface area contributed by atoms with Crippen LogP contribution in [-0.4, -0.2) is 43.6 Å². The predicted octanol–water partition coefficient (Wildman–Crippen LogP) is 1.75. The summed E-state index contributed by atoms with van der Waals surface area (Å²) < 4.78 is 6.21. The molecule has 0 bridgehead atoms. The fourth-order valence-electron chi connectivity index (χ4n) is 3.46. The molecular weight excluding hydrogens is 334 g/mol. The fourth-order valence-corrected chi connectivity index (χ4v) is 3.46. The number of carbonyl (C=O) groups excluding carboxylic acids is 1. The van der Waals surface area contributed by atoms with Crippen LogP contribution in [0.25, 0.3) is 10.9 Å². The number of fused-ring (bicyclic) bond motifs is 1. The third-order valence-electron chi connectivity index (χ3n) is 5.01. The summed E-state index contributed by atoms with van der Waals surface area (Å²) >= 11 is 0. The topological polar surface area (TPSA) is 94.1 Å². The maximum absolute atomic E-state index is 12.9. The molecule has 1 amide bonds. The SMILES string of the molecule is CC(C(=O)N1CCC(c2ncon2)CC1)n1cnc2ccccc2c1=O. The lowest BCUT2D eigenvalue weighted by Crippen LogP contribution is -2.43. The van der Waals surface area contributed by atoms with Crippen LogP contribution in [0.1, 0.15) is 37.5 Å². The van der Waals surface area contributed by atoms with E-state index in [4.69, 9.17) is 4.52 Å². The molecule has 1 unspecified atom stereocenters. The van der Waals surface area contributed by atoms with Crippen molar-refractivity contribution >= 4 is 16.8 Å². The van der Waals surface area contributed by atoms with Gasteiger partial charge in [0.2, 0.25) is 12.3 Å². The fraction of sp³-hybridized carbons (Fsp3) is 0.389. The van der Waals surface area contributed by atoms with Crippen LogP contribution >= 0.6 is 0 Å². The van der Waals surface area contributed by atoms with E-state index in [1.807, 2.05) is 6.07 Å². The van der Waals surface area contributed by atoms with E-state index in [0.29, 0.717) is 29.8 Å². The van der Waals surface area contributed by atoms with E-state index in [1.165, 1.54) is 17.3 Å². The third kappa shape index (κ3) is 2.87. The molecule has 3 aromatic rings. The van der Waals surface area contributed by atoms with E-state index < -0.39 is 6.04 Å². The molecule has 0 aliphatic carbocycles. The highest BCUT2D eigenvalue weighted by molar-refractivity contribution is 5.81. The summed E-state index contributed by atoms with van der Waals surface area (Å²) in [6.45, 7) is 2.96. The van der Waals surface area contributed by atoms with E-state index in [1.54, 1.807) is 30.0 Å². The van der Waals surface area contributed by atoms with E-state index in [-0.39, 0.29) is 17.4 Å². The monoisotopic (exact) mass is 353 g/mol. The Bertz CT molecular complexity index is 974. The first kappa shape index (κ1) is 16.4. The van der Waals surface area contributed by atoms with Crippen molar-refractivity contribution < 1.29 is 9.32 Å². The molecule has 8 heteroatoms. The minimum absolute atomic E-state index is 0.0734. The lowest BCUT2D eigenvalue weighted by molar-refractivity contribution is -0.135. The highest BCUT2D eigenvalue weighted by Gasteiger charge is 2.29. The Morgan fingerprint density at radius 1 is 1.23 bits per heavy atom. The quantitative estimate of drug-likeness (QED) is 0.712.